The minimum Gasteiger partial charge on any atom is -0.350 e. The zero-order chi connectivity index (χ0) is 22.1. The first kappa shape index (κ1) is 21.6. The van der Waals surface area contributed by atoms with Crippen molar-refractivity contribution in [1.82, 2.24) is 5.32 Å². The molecule has 4 bridgehead atoms. The van der Waals surface area contributed by atoms with E-state index in [1.54, 1.807) is 0 Å². The second kappa shape index (κ2) is 8.93. The van der Waals surface area contributed by atoms with E-state index in [2.05, 4.69) is 17.6 Å². The van der Waals surface area contributed by atoms with Gasteiger partial charge in [0.2, 0.25) is 5.91 Å². The maximum atomic E-state index is 12.9. The highest BCUT2D eigenvalue weighted by atomic mass is 32.2. The second-order valence-electron chi connectivity index (χ2n) is 10.0. The van der Waals surface area contributed by atoms with Crippen LogP contribution in [0.4, 0.5) is 5.69 Å². The van der Waals surface area contributed by atoms with Crippen molar-refractivity contribution >= 4 is 29.3 Å². The monoisotopic (exact) mass is 448 g/mol. The van der Waals surface area contributed by atoms with E-state index in [-0.39, 0.29) is 17.4 Å². The minimum atomic E-state index is -0.140. The molecular formula is C27H32N2O2S. The molecule has 0 aromatic heterocycles. The van der Waals surface area contributed by atoms with Gasteiger partial charge in [0.25, 0.3) is 5.91 Å². The smallest absolute Gasteiger partial charge is 0.256 e. The van der Waals surface area contributed by atoms with Crippen LogP contribution in [0.25, 0.3) is 0 Å². The van der Waals surface area contributed by atoms with Gasteiger partial charge in [-0.3, -0.25) is 9.59 Å². The fourth-order valence-corrected chi connectivity index (χ4v) is 7.39. The van der Waals surface area contributed by atoms with Crippen molar-refractivity contribution in [1.29, 1.82) is 0 Å². The number of carbonyl (C=O) groups excluding carboxylic acids is 2. The van der Waals surface area contributed by atoms with Gasteiger partial charge < -0.3 is 10.6 Å². The number of anilines is 1. The Morgan fingerprint density at radius 3 is 2.19 bits per heavy atom. The lowest BCUT2D eigenvalue weighted by atomic mass is 9.53. The van der Waals surface area contributed by atoms with E-state index in [4.69, 9.17) is 0 Å². The second-order valence-corrected chi connectivity index (χ2v) is 11.1. The van der Waals surface area contributed by atoms with Gasteiger partial charge in [0.15, 0.2) is 0 Å². The first-order valence-electron chi connectivity index (χ1n) is 11.9. The van der Waals surface area contributed by atoms with Crippen molar-refractivity contribution in [2.75, 3.05) is 11.1 Å². The first-order valence-corrected chi connectivity index (χ1v) is 12.9. The molecule has 4 saturated carbocycles. The molecule has 168 valence electrons. The Hall–Kier alpha value is -2.27. The SMILES string of the molecule is CCc1ccc(NC(=O)c2ccccc2SCC(=O)NC23CC4CC(CC(C4)C2)C3)cc1. The van der Waals surface area contributed by atoms with E-state index >= 15 is 0 Å². The van der Waals surface area contributed by atoms with Crippen LogP contribution in [0.15, 0.2) is 53.4 Å². The van der Waals surface area contributed by atoms with E-state index < -0.39 is 0 Å². The van der Waals surface area contributed by atoms with Gasteiger partial charge in [-0.05, 0) is 92.5 Å². The van der Waals surface area contributed by atoms with Crippen LogP contribution in [0.5, 0.6) is 0 Å². The maximum absolute atomic E-state index is 12.9. The van der Waals surface area contributed by atoms with Crippen molar-refractivity contribution in [3.05, 3.63) is 59.7 Å². The van der Waals surface area contributed by atoms with Gasteiger partial charge in [-0.25, -0.2) is 0 Å². The lowest BCUT2D eigenvalue weighted by molar-refractivity contribution is -0.124. The van der Waals surface area contributed by atoms with Crippen LogP contribution in [0.3, 0.4) is 0 Å². The highest BCUT2D eigenvalue weighted by molar-refractivity contribution is 8.00. The molecule has 32 heavy (non-hydrogen) atoms. The third-order valence-corrected chi connectivity index (χ3v) is 8.63. The summed E-state index contributed by atoms with van der Waals surface area (Å²) in [5.41, 5.74) is 2.67. The Morgan fingerprint density at radius 1 is 0.938 bits per heavy atom. The largest absolute Gasteiger partial charge is 0.350 e. The summed E-state index contributed by atoms with van der Waals surface area (Å²) < 4.78 is 0. The zero-order valence-electron chi connectivity index (χ0n) is 18.7. The number of hydrogen-bond donors (Lipinski definition) is 2. The van der Waals surface area contributed by atoms with Crippen LogP contribution in [0, 0.1) is 17.8 Å². The molecule has 0 saturated heterocycles. The minimum absolute atomic E-state index is 0.0357. The Morgan fingerprint density at radius 2 is 1.56 bits per heavy atom. The summed E-state index contributed by atoms with van der Waals surface area (Å²) in [5, 5.41) is 6.42. The van der Waals surface area contributed by atoms with E-state index in [9.17, 15) is 9.59 Å². The van der Waals surface area contributed by atoms with Crippen LogP contribution >= 0.6 is 11.8 Å². The number of benzene rings is 2. The highest BCUT2D eigenvalue weighted by Crippen LogP contribution is 2.55. The summed E-state index contributed by atoms with van der Waals surface area (Å²) >= 11 is 1.46. The average Bonchev–Trinajstić information content (AvgIpc) is 2.77. The molecule has 2 amide bonds. The maximum Gasteiger partial charge on any atom is 0.256 e. The third kappa shape index (κ3) is 4.59. The summed E-state index contributed by atoms with van der Waals surface area (Å²) in [6.07, 6.45) is 8.55. The average molecular weight is 449 g/mol. The predicted octanol–water partition coefficient (Wildman–Crippen LogP) is 5.68. The lowest BCUT2D eigenvalue weighted by Gasteiger charge is -2.56. The summed E-state index contributed by atoms with van der Waals surface area (Å²) in [6.45, 7) is 2.11. The van der Waals surface area contributed by atoms with Gasteiger partial charge in [0.1, 0.15) is 0 Å². The van der Waals surface area contributed by atoms with Gasteiger partial charge >= 0.3 is 0 Å². The fraction of sp³-hybridized carbons (Fsp3) is 0.481. The fourth-order valence-electron chi connectivity index (χ4n) is 6.54. The standard InChI is InChI=1S/C27H32N2O2S/c1-2-18-7-9-22(10-8-18)28-26(31)23-5-3-4-6-24(23)32-17-25(30)29-27-14-19-11-20(15-27)13-21(12-19)16-27/h3-10,19-21H,2,11-17H2,1H3,(H,28,31)(H,29,30). The van der Waals surface area contributed by atoms with E-state index in [1.165, 1.54) is 36.6 Å². The Balaban J connectivity index is 1.20. The number of nitrogens with one attached hydrogen (secondary N) is 2. The van der Waals surface area contributed by atoms with Crippen molar-refractivity contribution in [3.8, 4) is 0 Å². The van der Waals surface area contributed by atoms with Gasteiger partial charge in [-0.1, -0.05) is 31.2 Å². The molecule has 0 heterocycles. The summed E-state index contributed by atoms with van der Waals surface area (Å²) in [6, 6.07) is 15.5. The molecule has 6 rings (SSSR count). The molecule has 0 aliphatic heterocycles. The normalized spacial score (nSPS) is 27.8. The third-order valence-electron chi connectivity index (χ3n) is 7.55. The summed E-state index contributed by atoms with van der Waals surface area (Å²) in [7, 11) is 0. The molecule has 0 spiro atoms. The molecule has 2 aromatic rings. The molecule has 4 fully saturated rings. The first-order chi connectivity index (χ1) is 15.5. The molecule has 0 unspecified atom stereocenters. The van der Waals surface area contributed by atoms with Gasteiger partial charge in [-0.15, -0.1) is 11.8 Å². The number of hydrogen-bond acceptors (Lipinski definition) is 3. The molecule has 2 aromatic carbocycles. The van der Waals surface area contributed by atoms with Crippen molar-refractivity contribution < 1.29 is 9.59 Å². The van der Waals surface area contributed by atoms with Crippen LogP contribution < -0.4 is 10.6 Å². The van der Waals surface area contributed by atoms with Crippen LogP contribution in [0.2, 0.25) is 0 Å². The summed E-state index contributed by atoms with van der Waals surface area (Å²) in [4.78, 5) is 26.7. The highest BCUT2D eigenvalue weighted by Gasteiger charge is 2.51. The number of amides is 2. The van der Waals surface area contributed by atoms with E-state index in [1.807, 2.05) is 48.5 Å². The van der Waals surface area contributed by atoms with Crippen molar-refractivity contribution in [2.24, 2.45) is 17.8 Å². The Kier molecular flexibility index (Phi) is 6.02. The van der Waals surface area contributed by atoms with Crippen LogP contribution in [-0.2, 0) is 11.2 Å². The molecule has 5 heteroatoms. The predicted molar refractivity (Wildman–Crippen MR) is 130 cm³/mol. The van der Waals surface area contributed by atoms with Crippen LogP contribution in [-0.4, -0.2) is 23.1 Å². The van der Waals surface area contributed by atoms with E-state index in [0.29, 0.717) is 11.3 Å². The number of rotatable bonds is 7. The number of carbonyl (C=O) groups is 2. The molecule has 0 radical (unpaired) electrons. The summed E-state index contributed by atoms with van der Waals surface area (Å²) in [5.74, 6) is 2.73. The Bertz CT molecular complexity index is 966. The molecule has 2 N–H and O–H groups in total. The molecular weight excluding hydrogens is 416 g/mol. The zero-order valence-corrected chi connectivity index (χ0v) is 19.5. The van der Waals surface area contributed by atoms with E-state index in [0.717, 1.165) is 54.0 Å². The van der Waals surface area contributed by atoms with Gasteiger partial charge in [0.05, 0.1) is 11.3 Å². The number of aryl methyl sites for hydroxylation is 1. The molecule has 4 nitrogen and oxygen atoms in total. The quantitative estimate of drug-likeness (QED) is 0.536. The lowest BCUT2D eigenvalue weighted by Crippen LogP contribution is -2.60. The van der Waals surface area contributed by atoms with Gasteiger partial charge in [-0.2, -0.15) is 0 Å². The molecule has 0 atom stereocenters. The van der Waals surface area contributed by atoms with Crippen molar-refractivity contribution in [3.63, 3.8) is 0 Å². The van der Waals surface area contributed by atoms with Crippen molar-refractivity contribution in [2.45, 2.75) is 62.3 Å². The Labute approximate surface area is 194 Å². The van der Waals surface area contributed by atoms with Crippen LogP contribution in [0.1, 0.15) is 61.4 Å². The number of thioether (sulfide) groups is 1. The molecule has 4 aliphatic carbocycles. The molecule has 4 aliphatic rings. The topological polar surface area (TPSA) is 58.2 Å². The van der Waals surface area contributed by atoms with Gasteiger partial charge in [0, 0.05) is 16.1 Å².